The summed E-state index contributed by atoms with van der Waals surface area (Å²) in [5.74, 6) is -0.0624. The largest absolute Gasteiger partial charge is 0.442 e. The molecule has 9 heteroatoms. The average molecular weight is 401 g/mol. The quantitative estimate of drug-likeness (QED) is 0.610. The first-order valence-corrected chi connectivity index (χ1v) is 9.60. The average Bonchev–Trinajstić information content (AvgIpc) is 3.15. The van der Waals surface area contributed by atoms with Crippen LogP contribution in [0.4, 0.5) is 5.69 Å². The number of methoxy groups -OCH3 is 1. The number of carbonyl (C=O) groups excluding carboxylic acids is 1. The van der Waals surface area contributed by atoms with Crippen LogP contribution in [-0.2, 0) is 11.3 Å². The van der Waals surface area contributed by atoms with E-state index < -0.39 is 5.91 Å². The number of hydrogen-bond acceptors (Lipinski definition) is 6. The molecule has 0 fully saturated rings. The summed E-state index contributed by atoms with van der Waals surface area (Å²) in [7, 11) is 1.61. The van der Waals surface area contributed by atoms with Crippen LogP contribution in [0.3, 0.4) is 0 Å². The Kier molecular flexibility index (Phi) is 5.88. The van der Waals surface area contributed by atoms with Crippen molar-refractivity contribution in [3.05, 3.63) is 39.4 Å². The molecule has 0 bridgehead atoms. The van der Waals surface area contributed by atoms with Crippen molar-refractivity contribution in [1.82, 2.24) is 19.3 Å². The van der Waals surface area contributed by atoms with Crippen LogP contribution >= 0.6 is 0 Å². The van der Waals surface area contributed by atoms with Crippen molar-refractivity contribution in [3.8, 4) is 0 Å². The normalized spacial score (nSPS) is 11.6. The fourth-order valence-electron chi connectivity index (χ4n) is 3.47. The summed E-state index contributed by atoms with van der Waals surface area (Å²) in [4.78, 5) is 30.3. The van der Waals surface area contributed by atoms with Gasteiger partial charge in [0.1, 0.15) is 17.5 Å². The molecular weight excluding hydrogens is 374 g/mol. The molecule has 0 unspecified atom stereocenters. The molecule has 0 aliphatic heterocycles. The molecule has 0 saturated heterocycles. The molecule has 0 aliphatic carbocycles. The first kappa shape index (κ1) is 20.8. The minimum absolute atomic E-state index is 0.159. The van der Waals surface area contributed by atoms with Crippen molar-refractivity contribution < 1.29 is 13.9 Å². The SMILES string of the molecule is COCCCn1cnc2oc(C)c(C(=O)Nc3c(C)nn(C(C)C)c3C)c2c1=O. The van der Waals surface area contributed by atoms with Crippen molar-refractivity contribution >= 4 is 22.7 Å². The highest BCUT2D eigenvalue weighted by atomic mass is 16.5. The summed E-state index contributed by atoms with van der Waals surface area (Å²) in [5, 5.41) is 7.59. The van der Waals surface area contributed by atoms with Crippen molar-refractivity contribution in [3.63, 3.8) is 0 Å². The van der Waals surface area contributed by atoms with Crippen molar-refractivity contribution in [2.24, 2.45) is 0 Å². The van der Waals surface area contributed by atoms with E-state index in [2.05, 4.69) is 15.4 Å². The lowest BCUT2D eigenvalue weighted by Gasteiger charge is -2.09. The fourth-order valence-corrected chi connectivity index (χ4v) is 3.47. The van der Waals surface area contributed by atoms with Gasteiger partial charge in [0, 0.05) is 26.3 Å². The number of ether oxygens (including phenoxy) is 1. The van der Waals surface area contributed by atoms with Crippen LogP contribution in [0.25, 0.3) is 11.1 Å². The van der Waals surface area contributed by atoms with Gasteiger partial charge in [0.05, 0.1) is 22.6 Å². The number of anilines is 1. The Bertz CT molecular complexity index is 1110. The van der Waals surface area contributed by atoms with Gasteiger partial charge in [-0.1, -0.05) is 0 Å². The lowest BCUT2D eigenvalue weighted by atomic mass is 10.1. The molecule has 1 N–H and O–H groups in total. The van der Waals surface area contributed by atoms with Crippen molar-refractivity contribution in [2.45, 2.75) is 53.6 Å². The Morgan fingerprint density at radius 3 is 2.66 bits per heavy atom. The second-order valence-corrected chi connectivity index (χ2v) is 7.34. The number of rotatable bonds is 7. The first-order valence-electron chi connectivity index (χ1n) is 9.60. The van der Waals surface area contributed by atoms with Crippen LogP contribution in [0.2, 0.25) is 0 Å². The van der Waals surface area contributed by atoms with Crippen LogP contribution in [0.5, 0.6) is 0 Å². The zero-order valence-electron chi connectivity index (χ0n) is 17.7. The zero-order chi connectivity index (χ0) is 21.3. The Hall–Kier alpha value is -2.94. The van der Waals surface area contributed by atoms with Gasteiger partial charge in [0.25, 0.3) is 11.5 Å². The summed E-state index contributed by atoms with van der Waals surface area (Å²) in [6.07, 6.45) is 2.10. The Morgan fingerprint density at radius 2 is 2.03 bits per heavy atom. The molecule has 3 heterocycles. The standard InChI is InChI=1S/C20H27N5O4/c1-11(2)25-13(4)17(12(3)23-25)22-18(26)15-14(5)29-19-16(15)20(27)24(10-21-19)8-7-9-28-6/h10-11H,7-9H2,1-6H3,(H,22,26). The van der Waals surface area contributed by atoms with Gasteiger partial charge in [-0.25, -0.2) is 4.98 Å². The van der Waals surface area contributed by atoms with Crippen LogP contribution in [0, 0.1) is 20.8 Å². The molecule has 0 aromatic carbocycles. The monoisotopic (exact) mass is 401 g/mol. The fraction of sp³-hybridized carbons (Fsp3) is 0.500. The molecule has 0 radical (unpaired) electrons. The lowest BCUT2D eigenvalue weighted by molar-refractivity contribution is 0.102. The van der Waals surface area contributed by atoms with E-state index >= 15 is 0 Å². The number of carbonyl (C=O) groups is 1. The minimum atomic E-state index is -0.413. The summed E-state index contributed by atoms with van der Waals surface area (Å²) in [6, 6.07) is 0.166. The van der Waals surface area contributed by atoms with Gasteiger partial charge < -0.3 is 14.5 Å². The molecule has 0 saturated carbocycles. The number of furan rings is 1. The third-order valence-corrected chi connectivity index (χ3v) is 4.88. The Morgan fingerprint density at radius 1 is 1.31 bits per heavy atom. The second-order valence-electron chi connectivity index (χ2n) is 7.34. The molecule has 3 aromatic rings. The van der Waals surface area contributed by atoms with E-state index in [4.69, 9.17) is 9.15 Å². The van der Waals surface area contributed by atoms with Gasteiger partial charge in [-0.2, -0.15) is 5.10 Å². The van der Waals surface area contributed by atoms with Gasteiger partial charge >= 0.3 is 0 Å². The molecule has 156 valence electrons. The third kappa shape index (κ3) is 3.82. The number of aromatic nitrogens is 4. The first-order chi connectivity index (χ1) is 13.8. The van der Waals surface area contributed by atoms with Crippen molar-refractivity contribution in [2.75, 3.05) is 19.0 Å². The second kappa shape index (κ2) is 8.20. The predicted molar refractivity (Wildman–Crippen MR) is 110 cm³/mol. The van der Waals surface area contributed by atoms with E-state index in [0.29, 0.717) is 36.7 Å². The number of aryl methyl sites for hydroxylation is 3. The van der Waals surface area contributed by atoms with Crippen LogP contribution in [0.1, 0.15) is 53.8 Å². The van der Waals surface area contributed by atoms with E-state index in [1.165, 1.54) is 10.9 Å². The molecule has 9 nitrogen and oxygen atoms in total. The molecule has 3 aromatic heterocycles. The van der Waals surface area contributed by atoms with E-state index in [-0.39, 0.29) is 28.3 Å². The maximum atomic E-state index is 13.1. The minimum Gasteiger partial charge on any atom is -0.442 e. The van der Waals surface area contributed by atoms with Gasteiger partial charge in [0.2, 0.25) is 5.71 Å². The molecule has 3 rings (SSSR count). The van der Waals surface area contributed by atoms with E-state index in [9.17, 15) is 9.59 Å². The van der Waals surface area contributed by atoms with E-state index in [1.54, 1.807) is 14.0 Å². The maximum absolute atomic E-state index is 13.1. The number of nitrogens with zero attached hydrogens (tertiary/aromatic N) is 4. The smallest absolute Gasteiger partial charge is 0.265 e. The topological polar surface area (TPSA) is 104 Å². The number of fused-ring (bicyclic) bond motifs is 1. The summed E-state index contributed by atoms with van der Waals surface area (Å²) >= 11 is 0. The summed E-state index contributed by atoms with van der Waals surface area (Å²) in [5.41, 5.74) is 2.26. The zero-order valence-corrected chi connectivity index (χ0v) is 17.7. The number of amides is 1. The van der Waals surface area contributed by atoms with Crippen molar-refractivity contribution in [1.29, 1.82) is 0 Å². The number of nitrogens with one attached hydrogen (secondary N) is 1. The summed E-state index contributed by atoms with van der Waals surface area (Å²) in [6.45, 7) is 10.4. The van der Waals surface area contributed by atoms with E-state index in [1.807, 2.05) is 32.4 Å². The Labute approximate surface area is 168 Å². The van der Waals surface area contributed by atoms with Gasteiger partial charge in [-0.05, 0) is 41.0 Å². The highest BCUT2D eigenvalue weighted by Crippen LogP contribution is 2.26. The highest BCUT2D eigenvalue weighted by Gasteiger charge is 2.25. The number of hydrogen-bond donors (Lipinski definition) is 1. The summed E-state index contributed by atoms with van der Waals surface area (Å²) < 4.78 is 14.0. The molecule has 0 spiro atoms. The van der Waals surface area contributed by atoms with E-state index in [0.717, 1.165) is 5.69 Å². The third-order valence-electron chi connectivity index (χ3n) is 4.88. The van der Waals surface area contributed by atoms with Gasteiger partial charge in [-0.3, -0.25) is 18.8 Å². The van der Waals surface area contributed by atoms with Gasteiger partial charge in [-0.15, -0.1) is 0 Å². The molecule has 0 atom stereocenters. The predicted octanol–water partition coefficient (Wildman–Crippen LogP) is 2.98. The molecular formula is C20H27N5O4. The van der Waals surface area contributed by atoms with Crippen LogP contribution < -0.4 is 10.9 Å². The lowest BCUT2D eigenvalue weighted by Crippen LogP contribution is -2.23. The molecule has 1 amide bonds. The highest BCUT2D eigenvalue weighted by molar-refractivity contribution is 6.13. The molecule has 29 heavy (non-hydrogen) atoms. The van der Waals surface area contributed by atoms with Gasteiger partial charge in [0.15, 0.2) is 0 Å². The Balaban J connectivity index is 2.01. The maximum Gasteiger partial charge on any atom is 0.265 e. The van der Waals surface area contributed by atoms with Crippen LogP contribution in [0.15, 0.2) is 15.5 Å². The van der Waals surface area contributed by atoms with Crippen LogP contribution in [-0.4, -0.2) is 39.0 Å². The molecule has 0 aliphatic rings.